The minimum Gasteiger partial charge on any atom is -0.504 e. The van der Waals surface area contributed by atoms with Crippen LogP contribution in [0.25, 0.3) is 60.9 Å². The fourth-order valence-corrected chi connectivity index (χ4v) is 8.31. The van der Waals surface area contributed by atoms with Crippen molar-refractivity contribution in [2.45, 2.75) is 0 Å². The summed E-state index contributed by atoms with van der Waals surface area (Å²) in [5.74, 6) is -27.3. The Hall–Kier alpha value is -10.2. The van der Waals surface area contributed by atoms with E-state index in [1.165, 1.54) is 24.3 Å². The van der Waals surface area contributed by atoms with Gasteiger partial charge in [-0.05, 0) is 47.5 Å². The number of benzene rings is 8. The lowest BCUT2D eigenvalue weighted by Crippen LogP contribution is -2.12. The van der Waals surface area contributed by atoms with Crippen LogP contribution in [0.1, 0.15) is 0 Å². The second kappa shape index (κ2) is 15.2. The van der Waals surface area contributed by atoms with Gasteiger partial charge in [0.2, 0.25) is 34.5 Å². The fraction of sp³-hybridized carbons (Fsp3) is 0. The Morgan fingerprint density at radius 3 is 0.971 bits per heavy atom. The SMILES string of the molecule is Oc1c(O)c(O)c(-c2c(O)c(O)c(N(c3ccc(-c4cccc(-n5c6ccccc6c6ccccc65)c4)cc3)c3c(O)c(O)c(-c4c(O)c(O)c(O)c(O)c4O)c(O)c3O)c(O)c2O)c(O)c1O. The molecule has 0 aliphatic heterocycles. The number of nitrogens with zero attached hydrogens (tertiary/aromatic N) is 2. The van der Waals surface area contributed by atoms with E-state index in [2.05, 4.69) is 4.57 Å². The van der Waals surface area contributed by atoms with Gasteiger partial charge in [-0.15, -0.1) is 0 Å². The average Bonchev–Trinajstić information content (AvgIpc) is 3.68. The van der Waals surface area contributed by atoms with Gasteiger partial charge in [0.15, 0.2) is 69.0 Å². The van der Waals surface area contributed by atoms with Crippen LogP contribution in [-0.2, 0) is 0 Å². The molecule has 68 heavy (non-hydrogen) atoms. The van der Waals surface area contributed by atoms with Gasteiger partial charge in [-0.25, -0.2) is 0 Å². The van der Waals surface area contributed by atoms with Crippen LogP contribution in [0.3, 0.4) is 0 Å². The van der Waals surface area contributed by atoms with Crippen LogP contribution >= 0.6 is 0 Å². The Balaban J connectivity index is 1.27. The average molecular weight is 927 g/mol. The first-order valence-corrected chi connectivity index (χ1v) is 19.7. The molecule has 0 spiro atoms. The zero-order valence-electron chi connectivity index (χ0n) is 34.2. The van der Waals surface area contributed by atoms with Crippen molar-refractivity contribution in [2.24, 2.45) is 0 Å². The summed E-state index contributed by atoms with van der Waals surface area (Å²) in [6.07, 6.45) is 0. The highest BCUT2D eigenvalue weighted by molar-refractivity contribution is 6.09. The molecule has 0 aliphatic carbocycles. The van der Waals surface area contributed by atoms with E-state index in [0.29, 0.717) is 16.0 Å². The van der Waals surface area contributed by atoms with Crippen molar-refractivity contribution in [1.82, 2.24) is 4.57 Å². The molecule has 8 aromatic carbocycles. The fourth-order valence-electron chi connectivity index (χ4n) is 8.31. The molecule has 0 atom stereocenters. The Bertz CT molecular complexity index is 3320. The summed E-state index contributed by atoms with van der Waals surface area (Å²) >= 11 is 0. The molecule has 9 aromatic rings. The van der Waals surface area contributed by atoms with Crippen LogP contribution in [0.4, 0.5) is 17.1 Å². The molecular weight excluding hydrogens is 893 g/mol. The van der Waals surface area contributed by atoms with E-state index in [-0.39, 0.29) is 5.69 Å². The highest BCUT2D eigenvalue weighted by Gasteiger charge is 2.39. The van der Waals surface area contributed by atoms with Crippen molar-refractivity contribution < 1.29 is 91.9 Å². The minimum atomic E-state index is -1.57. The second-order valence-electron chi connectivity index (χ2n) is 15.3. The second-order valence-corrected chi connectivity index (χ2v) is 15.3. The third-order valence-electron chi connectivity index (χ3n) is 11.6. The van der Waals surface area contributed by atoms with Crippen molar-refractivity contribution in [2.75, 3.05) is 4.90 Å². The van der Waals surface area contributed by atoms with Crippen LogP contribution in [0, 0.1) is 0 Å². The van der Waals surface area contributed by atoms with Crippen molar-refractivity contribution in [3.05, 3.63) is 97.1 Å². The quantitative estimate of drug-likeness (QED) is 0.0532. The van der Waals surface area contributed by atoms with Crippen LogP contribution in [0.15, 0.2) is 97.1 Å². The van der Waals surface area contributed by atoms with Crippen LogP contribution in [0.5, 0.6) is 103 Å². The number of hydrogen-bond donors (Lipinski definition) is 18. The van der Waals surface area contributed by atoms with Crippen molar-refractivity contribution in [1.29, 1.82) is 0 Å². The Morgan fingerprint density at radius 1 is 0.279 bits per heavy atom. The van der Waals surface area contributed by atoms with E-state index in [1.807, 2.05) is 60.7 Å². The van der Waals surface area contributed by atoms with Gasteiger partial charge in [0.05, 0.1) is 33.3 Å². The largest absolute Gasteiger partial charge is 0.504 e. The zero-order valence-corrected chi connectivity index (χ0v) is 34.2. The summed E-state index contributed by atoms with van der Waals surface area (Å²) in [6, 6.07) is 28.4. The third-order valence-corrected chi connectivity index (χ3v) is 11.6. The molecule has 0 saturated carbocycles. The predicted octanol–water partition coefficient (Wildman–Crippen LogP) is 7.96. The highest BCUT2D eigenvalue weighted by atomic mass is 16.4. The van der Waals surface area contributed by atoms with E-state index in [0.717, 1.165) is 27.5 Å². The first kappa shape index (κ1) is 43.0. The lowest BCUT2D eigenvalue weighted by atomic mass is 9.95. The van der Waals surface area contributed by atoms with Gasteiger partial charge in [0.1, 0.15) is 11.4 Å². The molecule has 18 N–H and O–H groups in total. The maximum atomic E-state index is 11.7. The summed E-state index contributed by atoms with van der Waals surface area (Å²) in [5, 5.41) is 198. The summed E-state index contributed by atoms with van der Waals surface area (Å²) < 4.78 is 2.06. The van der Waals surface area contributed by atoms with E-state index < -0.39 is 137 Å². The molecule has 0 aliphatic rings. The maximum Gasteiger partial charge on any atom is 0.208 e. The van der Waals surface area contributed by atoms with Crippen molar-refractivity contribution in [3.63, 3.8) is 0 Å². The van der Waals surface area contributed by atoms with Crippen LogP contribution in [0.2, 0.25) is 0 Å². The van der Waals surface area contributed by atoms with Gasteiger partial charge in [-0.3, -0.25) is 4.90 Å². The monoisotopic (exact) mass is 926 g/mol. The Labute approximate surface area is 379 Å². The Kier molecular flexibility index (Phi) is 9.62. The topological polar surface area (TPSA) is 372 Å². The summed E-state index contributed by atoms with van der Waals surface area (Å²) in [6.45, 7) is 0. The maximum absolute atomic E-state index is 11.7. The van der Waals surface area contributed by atoms with Gasteiger partial charge in [0, 0.05) is 22.1 Å². The lowest BCUT2D eigenvalue weighted by molar-refractivity contribution is 0.329. The number of aromatic hydroxyl groups is 18. The first-order valence-electron chi connectivity index (χ1n) is 19.7. The molecule has 0 bridgehead atoms. The van der Waals surface area contributed by atoms with E-state index in [4.69, 9.17) is 0 Å². The molecule has 0 radical (unpaired) electrons. The number of phenolic OH excluding ortho intramolecular Hbond substituents is 18. The molecule has 344 valence electrons. The third kappa shape index (κ3) is 5.94. The lowest BCUT2D eigenvalue weighted by Gasteiger charge is -2.30. The van der Waals surface area contributed by atoms with E-state index in [1.54, 1.807) is 12.1 Å². The molecule has 0 fully saturated rings. The van der Waals surface area contributed by atoms with Gasteiger partial charge < -0.3 is 96.5 Å². The molecule has 0 saturated heterocycles. The smallest absolute Gasteiger partial charge is 0.208 e. The Morgan fingerprint density at radius 2 is 0.603 bits per heavy atom. The number of fused-ring (bicyclic) bond motifs is 3. The highest BCUT2D eigenvalue weighted by Crippen LogP contribution is 2.68. The predicted molar refractivity (Wildman–Crippen MR) is 242 cm³/mol. The van der Waals surface area contributed by atoms with Crippen LogP contribution < -0.4 is 4.90 Å². The van der Waals surface area contributed by atoms with E-state index in [9.17, 15) is 91.9 Å². The minimum absolute atomic E-state index is 0.349. The number of phenols is 18. The molecule has 20 heteroatoms. The first-order chi connectivity index (χ1) is 32.3. The van der Waals surface area contributed by atoms with Crippen LogP contribution in [-0.4, -0.2) is 96.5 Å². The number of hydrogen-bond acceptors (Lipinski definition) is 19. The number of aromatic nitrogens is 1. The molecule has 0 amide bonds. The molecule has 0 unspecified atom stereocenters. The zero-order chi connectivity index (χ0) is 48.9. The molecule has 1 aromatic heterocycles. The summed E-state index contributed by atoms with van der Waals surface area (Å²) in [4.78, 5) is 0.455. The van der Waals surface area contributed by atoms with Crippen molar-refractivity contribution >= 4 is 38.9 Å². The molecular formula is C48H34N2O18. The molecule has 9 rings (SSSR count). The number of rotatable bonds is 7. The van der Waals surface area contributed by atoms with Gasteiger partial charge in [0.25, 0.3) is 0 Å². The molecule has 1 heterocycles. The molecule has 20 nitrogen and oxygen atoms in total. The van der Waals surface area contributed by atoms with Gasteiger partial charge in [-0.2, -0.15) is 0 Å². The normalized spacial score (nSPS) is 11.4. The number of anilines is 3. The van der Waals surface area contributed by atoms with Gasteiger partial charge >= 0.3 is 0 Å². The van der Waals surface area contributed by atoms with Crippen molar-refractivity contribution in [3.8, 4) is 143 Å². The van der Waals surface area contributed by atoms with Gasteiger partial charge in [-0.1, -0.05) is 60.7 Å². The standard InChI is InChI=1S/C48H34N2O18/c51-31-25(27-35(55)43(63)47(67)44(64)36(27)56)32(52)40(60)29(39(31)59)50(30-41(61)33(53)26(34(54)42(30)62)28-37(57)45(65)48(68)46(66)38(28)58)19-14-12-17(13-15-19)18-6-5-7-20(16-18)49-23-10-3-1-8-21(23)22-9-2-4-11-24(22)49/h1-16,51-68H. The summed E-state index contributed by atoms with van der Waals surface area (Å²) in [7, 11) is 0. The number of para-hydroxylation sites is 2. The summed E-state index contributed by atoms with van der Waals surface area (Å²) in [5.41, 5.74) is -4.13. The van der Waals surface area contributed by atoms with E-state index >= 15 is 0 Å².